The van der Waals surface area contributed by atoms with Crippen molar-refractivity contribution < 1.29 is 9.53 Å². The Kier molecular flexibility index (Phi) is 6.13. The van der Waals surface area contributed by atoms with Crippen LogP contribution < -0.4 is 0 Å². The van der Waals surface area contributed by atoms with Gasteiger partial charge in [-0.3, -0.25) is 4.79 Å². The average Bonchev–Trinajstić information content (AvgIpc) is 1.86. The summed E-state index contributed by atoms with van der Waals surface area (Å²) in [5, 5.41) is 0. The third kappa shape index (κ3) is 7.53. The van der Waals surface area contributed by atoms with Crippen molar-refractivity contribution in [2.24, 2.45) is 5.92 Å². The molecule has 0 saturated carbocycles. The van der Waals surface area contributed by atoms with Crippen molar-refractivity contribution in [3.8, 4) is 0 Å². The summed E-state index contributed by atoms with van der Waals surface area (Å²) in [6.45, 7) is 4.83. The first-order valence-corrected chi connectivity index (χ1v) is 4.17. The van der Waals surface area contributed by atoms with Crippen LogP contribution in [0.5, 0.6) is 0 Å². The minimum Gasteiger partial charge on any atom is -0.385 e. The van der Waals surface area contributed by atoms with E-state index in [-0.39, 0.29) is 0 Å². The first-order chi connectivity index (χ1) is 5.16. The molecule has 0 N–H and O–H groups in total. The summed E-state index contributed by atoms with van der Waals surface area (Å²) >= 11 is 0. The number of hydrogen-bond acceptors (Lipinski definition) is 2. The third-order valence-corrected chi connectivity index (χ3v) is 1.44. The smallest absolute Gasteiger partial charge is 0.133 e. The molecule has 66 valence electrons. The van der Waals surface area contributed by atoms with Gasteiger partial charge in [0.1, 0.15) is 5.78 Å². The number of carbonyl (C=O) groups is 1. The van der Waals surface area contributed by atoms with Crippen molar-refractivity contribution in [1.29, 1.82) is 0 Å². The van der Waals surface area contributed by atoms with E-state index < -0.39 is 0 Å². The summed E-state index contributed by atoms with van der Waals surface area (Å²) in [4.78, 5) is 11.1. The van der Waals surface area contributed by atoms with Gasteiger partial charge in [-0.15, -0.1) is 0 Å². The molecule has 0 radical (unpaired) electrons. The van der Waals surface area contributed by atoms with E-state index in [1.165, 1.54) is 0 Å². The van der Waals surface area contributed by atoms with E-state index in [0.29, 0.717) is 31.1 Å². The molecule has 0 atom stereocenters. The minimum atomic E-state index is 0.358. The number of hydrogen-bond donors (Lipinski definition) is 0. The molecule has 0 aliphatic heterocycles. The Labute approximate surface area is 68.9 Å². The van der Waals surface area contributed by atoms with Crippen LogP contribution >= 0.6 is 0 Å². The van der Waals surface area contributed by atoms with Gasteiger partial charge >= 0.3 is 0 Å². The maximum Gasteiger partial charge on any atom is 0.133 e. The van der Waals surface area contributed by atoms with Crippen LogP contribution in [0.3, 0.4) is 0 Å². The van der Waals surface area contributed by atoms with Gasteiger partial charge in [0.2, 0.25) is 0 Å². The number of methoxy groups -OCH3 is 1. The number of carbonyl (C=O) groups excluding carboxylic acids is 1. The van der Waals surface area contributed by atoms with Crippen LogP contribution in [0.25, 0.3) is 0 Å². The van der Waals surface area contributed by atoms with E-state index in [0.717, 1.165) is 6.42 Å². The second-order valence-corrected chi connectivity index (χ2v) is 3.23. The highest BCUT2D eigenvalue weighted by atomic mass is 16.5. The summed E-state index contributed by atoms with van der Waals surface area (Å²) in [6.07, 6.45) is 2.25. The van der Waals surface area contributed by atoms with Crippen LogP contribution in [0.15, 0.2) is 0 Å². The fraction of sp³-hybridized carbons (Fsp3) is 0.889. The van der Waals surface area contributed by atoms with Crippen LogP contribution in [-0.2, 0) is 9.53 Å². The molecule has 0 aromatic heterocycles. The van der Waals surface area contributed by atoms with Crippen molar-refractivity contribution in [2.45, 2.75) is 33.1 Å². The van der Waals surface area contributed by atoms with Crippen molar-refractivity contribution in [3.05, 3.63) is 0 Å². The molecule has 0 aromatic rings. The molecule has 0 aliphatic rings. The van der Waals surface area contributed by atoms with E-state index in [4.69, 9.17) is 4.74 Å². The van der Waals surface area contributed by atoms with Crippen LogP contribution in [-0.4, -0.2) is 19.5 Å². The lowest BCUT2D eigenvalue weighted by Crippen LogP contribution is -2.03. The minimum absolute atomic E-state index is 0.358. The zero-order valence-electron chi connectivity index (χ0n) is 7.72. The molecule has 0 unspecified atom stereocenters. The molecule has 0 heterocycles. The molecule has 0 bridgehead atoms. The quantitative estimate of drug-likeness (QED) is 0.553. The molecule has 0 aromatic carbocycles. The molecular weight excluding hydrogens is 140 g/mol. The average molecular weight is 158 g/mol. The van der Waals surface area contributed by atoms with Gasteiger partial charge in [0.15, 0.2) is 0 Å². The Morgan fingerprint density at radius 2 is 2.09 bits per heavy atom. The Balaban J connectivity index is 3.23. The predicted octanol–water partition coefficient (Wildman–Crippen LogP) is 2.03. The lowest BCUT2D eigenvalue weighted by Gasteiger charge is -2.02. The number of Topliss-reactive ketones (excluding diaryl/α,β-unsaturated/α-hetero) is 1. The van der Waals surface area contributed by atoms with Gasteiger partial charge in [0.05, 0.1) is 0 Å². The lowest BCUT2D eigenvalue weighted by atomic mass is 10.0. The second kappa shape index (κ2) is 6.35. The van der Waals surface area contributed by atoms with Gasteiger partial charge in [0.25, 0.3) is 0 Å². The summed E-state index contributed by atoms with van der Waals surface area (Å²) in [7, 11) is 1.66. The standard InChI is InChI=1S/C9H18O2/c1-8(2)7-9(10)5-4-6-11-3/h8H,4-7H2,1-3H3. The number of ether oxygens (including phenoxy) is 1. The van der Waals surface area contributed by atoms with Crippen molar-refractivity contribution in [3.63, 3.8) is 0 Å². The van der Waals surface area contributed by atoms with Gasteiger partial charge in [-0.05, 0) is 12.3 Å². The summed E-state index contributed by atoms with van der Waals surface area (Å²) in [5.41, 5.74) is 0. The maximum atomic E-state index is 11.1. The van der Waals surface area contributed by atoms with Crippen LogP contribution in [0, 0.1) is 5.92 Å². The molecular formula is C9H18O2. The summed E-state index contributed by atoms with van der Waals surface area (Å²) in [5.74, 6) is 0.849. The number of ketones is 1. The van der Waals surface area contributed by atoms with Gasteiger partial charge in [0, 0.05) is 26.6 Å². The zero-order chi connectivity index (χ0) is 8.69. The van der Waals surface area contributed by atoms with E-state index in [1.54, 1.807) is 7.11 Å². The van der Waals surface area contributed by atoms with Crippen LogP contribution in [0.2, 0.25) is 0 Å². The molecule has 0 rings (SSSR count). The van der Waals surface area contributed by atoms with Gasteiger partial charge in [-0.1, -0.05) is 13.8 Å². The highest BCUT2D eigenvalue weighted by Crippen LogP contribution is 2.04. The van der Waals surface area contributed by atoms with E-state index in [2.05, 4.69) is 13.8 Å². The largest absolute Gasteiger partial charge is 0.385 e. The molecule has 0 aliphatic carbocycles. The monoisotopic (exact) mass is 158 g/mol. The molecule has 0 saturated heterocycles. The second-order valence-electron chi connectivity index (χ2n) is 3.23. The van der Waals surface area contributed by atoms with Crippen molar-refractivity contribution in [2.75, 3.05) is 13.7 Å². The van der Waals surface area contributed by atoms with E-state index in [1.807, 2.05) is 0 Å². The summed E-state index contributed by atoms with van der Waals surface area (Å²) < 4.78 is 4.84. The molecule has 2 nitrogen and oxygen atoms in total. The molecule has 0 fully saturated rings. The van der Waals surface area contributed by atoms with Crippen LogP contribution in [0.4, 0.5) is 0 Å². The Bertz CT molecular complexity index is 108. The zero-order valence-corrected chi connectivity index (χ0v) is 7.72. The van der Waals surface area contributed by atoms with Crippen molar-refractivity contribution >= 4 is 5.78 Å². The maximum absolute atomic E-state index is 11.1. The fourth-order valence-corrected chi connectivity index (χ4v) is 0.971. The van der Waals surface area contributed by atoms with Gasteiger partial charge < -0.3 is 4.74 Å². The first-order valence-electron chi connectivity index (χ1n) is 4.17. The third-order valence-electron chi connectivity index (χ3n) is 1.44. The van der Waals surface area contributed by atoms with E-state index >= 15 is 0 Å². The lowest BCUT2D eigenvalue weighted by molar-refractivity contribution is -0.120. The topological polar surface area (TPSA) is 26.3 Å². The Morgan fingerprint density at radius 3 is 2.55 bits per heavy atom. The normalized spacial score (nSPS) is 10.5. The Hall–Kier alpha value is -0.370. The molecule has 11 heavy (non-hydrogen) atoms. The molecule has 0 spiro atoms. The Morgan fingerprint density at radius 1 is 1.45 bits per heavy atom. The van der Waals surface area contributed by atoms with Crippen molar-refractivity contribution in [1.82, 2.24) is 0 Å². The highest BCUT2D eigenvalue weighted by molar-refractivity contribution is 5.78. The van der Waals surface area contributed by atoms with E-state index in [9.17, 15) is 4.79 Å². The highest BCUT2D eigenvalue weighted by Gasteiger charge is 2.03. The number of rotatable bonds is 6. The molecule has 2 heteroatoms. The predicted molar refractivity (Wildman–Crippen MR) is 45.6 cm³/mol. The SMILES string of the molecule is COCCCC(=O)CC(C)C. The first kappa shape index (κ1) is 10.6. The summed E-state index contributed by atoms with van der Waals surface area (Å²) in [6, 6.07) is 0. The van der Waals surface area contributed by atoms with Gasteiger partial charge in [-0.2, -0.15) is 0 Å². The fourth-order valence-electron chi connectivity index (χ4n) is 0.971. The van der Waals surface area contributed by atoms with Crippen LogP contribution in [0.1, 0.15) is 33.1 Å². The molecule has 0 amide bonds. The van der Waals surface area contributed by atoms with Gasteiger partial charge in [-0.25, -0.2) is 0 Å².